The minimum absolute atomic E-state index is 0.0139. The first-order valence-corrected chi connectivity index (χ1v) is 8.03. The second kappa shape index (κ2) is 8.78. The van der Waals surface area contributed by atoms with Crippen molar-refractivity contribution in [2.75, 3.05) is 7.11 Å². The maximum atomic E-state index is 11.3. The molecular formula is C19H25ClO3. The molecule has 0 saturated carbocycles. The molecule has 0 heterocycles. The lowest BCUT2D eigenvalue weighted by atomic mass is 9.98. The molecule has 0 fully saturated rings. The summed E-state index contributed by atoms with van der Waals surface area (Å²) >= 11 is 6.14. The molecule has 0 amide bonds. The van der Waals surface area contributed by atoms with E-state index in [1.807, 2.05) is 6.08 Å². The van der Waals surface area contributed by atoms with Gasteiger partial charge >= 0.3 is 0 Å². The van der Waals surface area contributed by atoms with Crippen LogP contribution in [-0.4, -0.2) is 18.5 Å². The summed E-state index contributed by atoms with van der Waals surface area (Å²) in [4.78, 5) is 11.3. The fraction of sp³-hybridized carbons (Fsp3) is 0.421. The lowest BCUT2D eigenvalue weighted by molar-refractivity contribution is 0.112. The van der Waals surface area contributed by atoms with Crippen LogP contribution in [0.4, 0.5) is 0 Å². The first kappa shape index (κ1) is 19.3. The lowest BCUT2D eigenvalue weighted by Gasteiger charge is -2.16. The van der Waals surface area contributed by atoms with Crippen LogP contribution in [-0.2, 0) is 6.42 Å². The SMILES string of the molecule is COc1c(C=O)c(C)c(Cl)c(O)c1C/C=C(\C)CCC=C(C)C. The predicted molar refractivity (Wildman–Crippen MR) is 95.9 cm³/mol. The Morgan fingerprint density at radius 3 is 2.43 bits per heavy atom. The number of hydrogen-bond acceptors (Lipinski definition) is 3. The second-order valence-electron chi connectivity index (χ2n) is 5.91. The van der Waals surface area contributed by atoms with Crippen molar-refractivity contribution in [3.8, 4) is 11.5 Å². The van der Waals surface area contributed by atoms with Crippen LogP contribution in [0.15, 0.2) is 23.3 Å². The molecule has 3 nitrogen and oxygen atoms in total. The number of carbonyl (C=O) groups is 1. The summed E-state index contributed by atoms with van der Waals surface area (Å²) in [5, 5.41) is 10.5. The Kier molecular flexibility index (Phi) is 7.37. The van der Waals surface area contributed by atoms with E-state index in [0.29, 0.717) is 35.1 Å². The highest BCUT2D eigenvalue weighted by Crippen LogP contribution is 2.41. The maximum Gasteiger partial charge on any atom is 0.154 e. The molecule has 0 aliphatic heterocycles. The smallest absolute Gasteiger partial charge is 0.154 e. The van der Waals surface area contributed by atoms with Crippen LogP contribution in [0.25, 0.3) is 0 Å². The first-order chi connectivity index (χ1) is 10.8. The summed E-state index contributed by atoms with van der Waals surface area (Å²) in [6.07, 6.45) is 7.36. The second-order valence-corrected chi connectivity index (χ2v) is 6.28. The van der Waals surface area contributed by atoms with E-state index in [4.69, 9.17) is 16.3 Å². The minimum Gasteiger partial charge on any atom is -0.506 e. The van der Waals surface area contributed by atoms with Crippen molar-refractivity contribution < 1.29 is 14.6 Å². The Bertz CT molecular complexity index is 639. The highest BCUT2D eigenvalue weighted by molar-refractivity contribution is 6.33. The fourth-order valence-electron chi connectivity index (χ4n) is 2.40. The van der Waals surface area contributed by atoms with E-state index in [1.165, 1.54) is 18.3 Å². The number of methoxy groups -OCH3 is 1. The van der Waals surface area contributed by atoms with Gasteiger partial charge in [-0.3, -0.25) is 4.79 Å². The Balaban J connectivity index is 3.11. The number of allylic oxidation sites excluding steroid dienone is 4. The molecule has 0 aliphatic rings. The largest absolute Gasteiger partial charge is 0.506 e. The van der Waals surface area contributed by atoms with Gasteiger partial charge in [-0.05, 0) is 52.5 Å². The van der Waals surface area contributed by atoms with Crippen molar-refractivity contribution in [2.24, 2.45) is 0 Å². The Labute approximate surface area is 143 Å². The number of aromatic hydroxyl groups is 1. The zero-order valence-electron chi connectivity index (χ0n) is 14.5. The summed E-state index contributed by atoms with van der Waals surface area (Å²) in [6.45, 7) is 7.91. The lowest BCUT2D eigenvalue weighted by Crippen LogP contribution is -2.01. The number of aldehydes is 1. The molecule has 0 spiro atoms. The van der Waals surface area contributed by atoms with Crippen LogP contribution in [0.2, 0.25) is 5.02 Å². The summed E-state index contributed by atoms with van der Waals surface area (Å²) in [6, 6.07) is 0. The third kappa shape index (κ3) is 4.87. The van der Waals surface area contributed by atoms with Crippen LogP contribution < -0.4 is 4.74 Å². The molecule has 1 aromatic carbocycles. The highest BCUT2D eigenvalue weighted by atomic mass is 35.5. The fourth-order valence-corrected chi connectivity index (χ4v) is 2.62. The Morgan fingerprint density at radius 2 is 1.91 bits per heavy atom. The van der Waals surface area contributed by atoms with Gasteiger partial charge in [0.25, 0.3) is 0 Å². The number of phenols is 1. The number of halogens is 1. The van der Waals surface area contributed by atoms with Crippen molar-refractivity contribution in [2.45, 2.75) is 47.0 Å². The van der Waals surface area contributed by atoms with Crippen LogP contribution in [0.3, 0.4) is 0 Å². The van der Waals surface area contributed by atoms with Gasteiger partial charge in [-0.25, -0.2) is 0 Å². The van der Waals surface area contributed by atoms with E-state index in [0.717, 1.165) is 12.8 Å². The minimum atomic E-state index is -0.0139. The van der Waals surface area contributed by atoms with Crippen molar-refractivity contribution in [3.63, 3.8) is 0 Å². The predicted octanol–water partition coefficient (Wildman–Crippen LogP) is 5.41. The molecule has 0 aliphatic carbocycles. The van der Waals surface area contributed by atoms with Gasteiger partial charge in [-0.2, -0.15) is 0 Å². The van der Waals surface area contributed by atoms with Gasteiger partial charge in [-0.15, -0.1) is 0 Å². The number of hydrogen-bond donors (Lipinski definition) is 1. The quantitative estimate of drug-likeness (QED) is 0.535. The number of carbonyl (C=O) groups excluding carboxylic acids is 1. The van der Waals surface area contributed by atoms with Crippen molar-refractivity contribution in [1.29, 1.82) is 0 Å². The normalized spacial score (nSPS) is 11.3. The van der Waals surface area contributed by atoms with Crippen molar-refractivity contribution in [1.82, 2.24) is 0 Å². The molecule has 4 heteroatoms. The van der Waals surface area contributed by atoms with Gasteiger partial charge in [0.05, 0.1) is 17.7 Å². The van der Waals surface area contributed by atoms with Crippen LogP contribution >= 0.6 is 11.6 Å². The van der Waals surface area contributed by atoms with Crippen LogP contribution in [0.5, 0.6) is 11.5 Å². The first-order valence-electron chi connectivity index (χ1n) is 7.65. The van der Waals surface area contributed by atoms with E-state index < -0.39 is 0 Å². The molecule has 1 aromatic rings. The average molecular weight is 337 g/mol. The Hall–Kier alpha value is -1.74. The molecule has 126 valence electrons. The van der Waals surface area contributed by atoms with E-state index in [2.05, 4.69) is 26.8 Å². The van der Waals surface area contributed by atoms with E-state index in [1.54, 1.807) is 6.92 Å². The standard InChI is InChI=1S/C19H25ClO3/c1-12(2)7-6-8-13(3)9-10-15-18(22)17(20)14(4)16(11-21)19(15)23-5/h7,9,11,22H,6,8,10H2,1-5H3/b13-9+. The molecule has 0 radical (unpaired) electrons. The van der Waals surface area contributed by atoms with Gasteiger partial charge < -0.3 is 9.84 Å². The van der Waals surface area contributed by atoms with E-state index >= 15 is 0 Å². The summed E-state index contributed by atoms with van der Waals surface area (Å²) in [5.41, 5.74) is 3.99. The van der Waals surface area contributed by atoms with Gasteiger partial charge in [0.15, 0.2) is 6.29 Å². The highest BCUT2D eigenvalue weighted by Gasteiger charge is 2.20. The third-order valence-electron chi connectivity index (χ3n) is 3.81. The molecule has 0 unspecified atom stereocenters. The summed E-state index contributed by atoms with van der Waals surface area (Å²) < 4.78 is 5.34. The Morgan fingerprint density at radius 1 is 1.26 bits per heavy atom. The molecular weight excluding hydrogens is 312 g/mol. The number of phenolic OH excluding ortho intramolecular Hbond substituents is 1. The summed E-state index contributed by atoms with van der Waals surface area (Å²) in [5.74, 6) is 0.382. The molecule has 1 rings (SSSR count). The van der Waals surface area contributed by atoms with Crippen LogP contribution in [0.1, 0.15) is 55.1 Å². The molecule has 1 N–H and O–H groups in total. The van der Waals surface area contributed by atoms with Gasteiger partial charge in [0, 0.05) is 5.56 Å². The molecule has 23 heavy (non-hydrogen) atoms. The van der Waals surface area contributed by atoms with Gasteiger partial charge in [0.2, 0.25) is 0 Å². The molecule has 0 bridgehead atoms. The average Bonchev–Trinajstić information content (AvgIpc) is 2.51. The molecule has 0 aromatic heterocycles. The van der Waals surface area contributed by atoms with E-state index in [-0.39, 0.29) is 10.8 Å². The number of ether oxygens (including phenoxy) is 1. The van der Waals surface area contributed by atoms with E-state index in [9.17, 15) is 9.90 Å². The maximum absolute atomic E-state index is 11.3. The van der Waals surface area contributed by atoms with Crippen LogP contribution in [0, 0.1) is 6.92 Å². The van der Waals surface area contributed by atoms with Gasteiger partial charge in [-0.1, -0.05) is 34.9 Å². The number of rotatable bonds is 7. The molecule has 0 saturated heterocycles. The number of benzene rings is 1. The summed E-state index contributed by atoms with van der Waals surface area (Å²) in [7, 11) is 1.49. The topological polar surface area (TPSA) is 46.5 Å². The van der Waals surface area contributed by atoms with Crippen molar-refractivity contribution in [3.05, 3.63) is 45.0 Å². The monoisotopic (exact) mass is 336 g/mol. The van der Waals surface area contributed by atoms with Gasteiger partial charge in [0.1, 0.15) is 11.5 Å². The van der Waals surface area contributed by atoms with Crippen molar-refractivity contribution >= 4 is 17.9 Å². The molecule has 0 atom stereocenters. The zero-order chi connectivity index (χ0) is 17.6. The zero-order valence-corrected chi connectivity index (χ0v) is 15.3. The third-order valence-corrected chi connectivity index (χ3v) is 4.28.